The Hall–Kier alpha value is -0.470. The van der Waals surface area contributed by atoms with E-state index in [1.807, 2.05) is 6.92 Å². The number of nitrogens with zero attached hydrogens (tertiary/aromatic N) is 1. The first kappa shape index (κ1) is 18.6. The van der Waals surface area contributed by atoms with Crippen molar-refractivity contribution in [3.8, 4) is 0 Å². The molecule has 0 aliphatic heterocycles. The highest BCUT2D eigenvalue weighted by Crippen LogP contribution is 2.21. The molecule has 3 N–H and O–H groups in total. The van der Waals surface area contributed by atoms with E-state index in [1.165, 1.54) is 11.3 Å². The molecule has 21 heavy (non-hydrogen) atoms. The molecular weight excluding hydrogens is 306 g/mol. The molecule has 0 radical (unpaired) electrons. The summed E-state index contributed by atoms with van der Waals surface area (Å²) in [7, 11) is -3.45. The topological polar surface area (TPSA) is 75.4 Å². The van der Waals surface area contributed by atoms with Gasteiger partial charge in [-0.2, -0.15) is 0 Å². The van der Waals surface area contributed by atoms with Gasteiger partial charge in [0, 0.05) is 17.5 Å². The summed E-state index contributed by atoms with van der Waals surface area (Å²) in [5.74, 6) is 0. The van der Waals surface area contributed by atoms with Gasteiger partial charge in [0.25, 0.3) is 0 Å². The number of rotatable bonds is 10. The molecule has 1 rings (SSSR count). The highest BCUT2D eigenvalue weighted by Gasteiger charge is 2.21. The van der Waals surface area contributed by atoms with Gasteiger partial charge in [-0.15, -0.1) is 11.3 Å². The normalized spacial score (nSPS) is 13.8. The monoisotopic (exact) mass is 333 g/mol. The van der Waals surface area contributed by atoms with Crippen molar-refractivity contribution in [2.45, 2.75) is 51.1 Å². The Morgan fingerprint density at radius 3 is 2.62 bits per heavy atom. The molecule has 0 spiro atoms. The van der Waals surface area contributed by atoms with Gasteiger partial charge < -0.3 is 10.6 Å². The fourth-order valence-electron chi connectivity index (χ4n) is 2.27. The van der Waals surface area contributed by atoms with E-state index in [-0.39, 0.29) is 12.6 Å². The summed E-state index contributed by atoms with van der Waals surface area (Å²) in [5, 5.41) is 1.77. The van der Waals surface area contributed by atoms with Crippen LogP contribution in [0.1, 0.15) is 38.5 Å². The van der Waals surface area contributed by atoms with Crippen molar-refractivity contribution < 1.29 is 8.42 Å². The number of sulfonamides is 1. The highest BCUT2D eigenvalue weighted by molar-refractivity contribution is 7.89. The Kier molecular flexibility index (Phi) is 7.83. The van der Waals surface area contributed by atoms with Gasteiger partial charge in [0.1, 0.15) is 0 Å². The zero-order valence-corrected chi connectivity index (χ0v) is 14.8. The lowest BCUT2D eigenvalue weighted by molar-refractivity contribution is 0.293. The first-order valence-corrected chi connectivity index (χ1v) is 9.82. The van der Waals surface area contributed by atoms with E-state index in [0.717, 1.165) is 32.5 Å². The van der Waals surface area contributed by atoms with Crippen LogP contribution in [0.25, 0.3) is 0 Å². The number of hydrogen-bond acceptors (Lipinski definition) is 5. The molecule has 122 valence electrons. The predicted molar refractivity (Wildman–Crippen MR) is 89.0 cm³/mol. The Balaban J connectivity index is 2.52. The SMILES string of the molecule is CCN(CC)CCCC(C)NS(=O)(=O)c1ccsc1CN. The molecule has 0 aromatic carbocycles. The summed E-state index contributed by atoms with van der Waals surface area (Å²) in [5.41, 5.74) is 5.58. The molecule has 7 heteroatoms. The van der Waals surface area contributed by atoms with Crippen molar-refractivity contribution in [2.24, 2.45) is 5.73 Å². The standard InChI is InChI=1S/C14H27N3O2S2/c1-4-17(5-2)9-6-7-12(3)16-21(18,19)14-8-10-20-13(14)11-15/h8,10,12,16H,4-7,9,11,15H2,1-3H3. The molecule has 0 saturated carbocycles. The second-order valence-corrected chi connectivity index (χ2v) is 7.79. The van der Waals surface area contributed by atoms with Crippen LogP contribution in [0.5, 0.6) is 0 Å². The van der Waals surface area contributed by atoms with Gasteiger partial charge in [0.2, 0.25) is 10.0 Å². The van der Waals surface area contributed by atoms with Crippen LogP contribution in [0.4, 0.5) is 0 Å². The largest absolute Gasteiger partial charge is 0.326 e. The van der Waals surface area contributed by atoms with Crippen molar-refractivity contribution in [1.82, 2.24) is 9.62 Å². The third-order valence-electron chi connectivity index (χ3n) is 3.54. The molecule has 1 atom stereocenters. The number of hydrogen-bond donors (Lipinski definition) is 2. The third-order valence-corrected chi connectivity index (χ3v) is 6.29. The van der Waals surface area contributed by atoms with E-state index in [9.17, 15) is 8.42 Å². The van der Waals surface area contributed by atoms with E-state index < -0.39 is 10.0 Å². The molecule has 1 aromatic rings. The molecule has 0 aliphatic rings. The summed E-state index contributed by atoms with van der Waals surface area (Å²) >= 11 is 1.38. The van der Waals surface area contributed by atoms with Gasteiger partial charge in [0.15, 0.2) is 0 Å². The first-order chi connectivity index (χ1) is 9.94. The molecule has 0 saturated heterocycles. The maximum atomic E-state index is 12.3. The minimum atomic E-state index is -3.45. The highest BCUT2D eigenvalue weighted by atomic mass is 32.2. The van der Waals surface area contributed by atoms with Gasteiger partial charge in [0.05, 0.1) is 4.90 Å². The molecule has 1 aromatic heterocycles. The zero-order chi connectivity index (χ0) is 15.9. The Labute approximate surface area is 132 Å². The van der Waals surface area contributed by atoms with Crippen molar-refractivity contribution in [3.63, 3.8) is 0 Å². The minimum absolute atomic E-state index is 0.0731. The van der Waals surface area contributed by atoms with Crippen LogP contribution in [0.15, 0.2) is 16.3 Å². The summed E-state index contributed by atoms with van der Waals surface area (Å²) in [6, 6.07) is 1.55. The van der Waals surface area contributed by atoms with Crippen LogP contribution < -0.4 is 10.5 Å². The molecule has 0 amide bonds. The molecule has 0 fully saturated rings. The fourth-order valence-corrected chi connectivity index (χ4v) is 4.88. The number of nitrogens with one attached hydrogen (secondary N) is 1. The summed E-state index contributed by atoms with van der Waals surface area (Å²) in [6.07, 6.45) is 1.82. The van der Waals surface area contributed by atoms with Crippen molar-refractivity contribution in [3.05, 3.63) is 16.3 Å². The quantitative estimate of drug-likeness (QED) is 0.687. The van der Waals surface area contributed by atoms with Crippen LogP contribution in [0, 0.1) is 0 Å². The average molecular weight is 334 g/mol. The fraction of sp³-hybridized carbons (Fsp3) is 0.714. The van der Waals surface area contributed by atoms with Crippen LogP contribution in [-0.2, 0) is 16.6 Å². The maximum absolute atomic E-state index is 12.3. The molecule has 0 aliphatic carbocycles. The lowest BCUT2D eigenvalue weighted by Gasteiger charge is -2.19. The van der Waals surface area contributed by atoms with Crippen LogP contribution in [-0.4, -0.2) is 39.0 Å². The van der Waals surface area contributed by atoms with Crippen LogP contribution >= 0.6 is 11.3 Å². The van der Waals surface area contributed by atoms with Gasteiger partial charge >= 0.3 is 0 Å². The number of thiophene rings is 1. The van der Waals surface area contributed by atoms with Crippen molar-refractivity contribution in [2.75, 3.05) is 19.6 Å². The molecular formula is C14H27N3O2S2. The second kappa shape index (κ2) is 8.85. The lowest BCUT2D eigenvalue weighted by atomic mass is 10.2. The minimum Gasteiger partial charge on any atom is -0.326 e. The summed E-state index contributed by atoms with van der Waals surface area (Å²) in [4.78, 5) is 3.37. The number of nitrogens with two attached hydrogens (primary N) is 1. The maximum Gasteiger partial charge on any atom is 0.241 e. The van der Waals surface area contributed by atoms with Gasteiger partial charge in [-0.3, -0.25) is 0 Å². The lowest BCUT2D eigenvalue weighted by Crippen LogP contribution is -2.34. The predicted octanol–water partition coefficient (Wildman–Crippen LogP) is 2.00. The van der Waals surface area contributed by atoms with Gasteiger partial charge in [-0.1, -0.05) is 13.8 Å². The van der Waals surface area contributed by atoms with E-state index in [0.29, 0.717) is 9.77 Å². The van der Waals surface area contributed by atoms with Gasteiger partial charge in [-0.25, -0.2) is 13.1 Å². The van der Waals surface area contributed by atoms with E-state index in [4.69, 9.17) is 5.73 Å². The molecule has 0 bridgehead atoms. The third kappa shape index (κ3) is 5.67. The van der Waals surface area contributed by atoms with Crippen LogP contribution in [0.3, 0.4) is 0 Å². The Bertz CT molecular complexity index is 510. The summed E-state index contributed by atoms with van der Waals surface area (Å²) < 4.78 is 27.4. The average Bonchev–Trinajstić information content (AvgIpc) is 2.92. The Morgan fingerprint density at radius 1 is 1.38 bits per heavy atom. The Morgan fingerprint density at radius 2 is 2.05 bits per heavy atom. The van der Waals surface area contributed by atoms with E-state index in [1.54, 1.807) is 11.4 Å². The van der Waals surface area contributed by atoms with E-state index in [2.05, 4.69) is 23.5 Å². The molecule has 1 heterocycles. The smallest absolute Gasteiger partial charge is 0.241 e. The first-order valence-electron chi connectivity index (χ1n) is 7.45. The van der Waals surface area contributed by atoms with Gasteiger partial charge in [-0.05, 0) is 50.8 Å². The van der Waals surface area contributed by atoms with Crippen molar-refractivity contribution in [1.29, 1.82) is 0 Å². The zero-order valence-electron chi connectivity index (χ0n) is 13.1. The molecule has 5 nitrogen and oxygen atoms in total. The second-order valence-electron chi connectivity index (χ2n) is 5.10. The molecule has 1 unspecified atom stereocenters. The van der Waals surface area contributed by atoms with Crippen LogP contribution in [0.2, 0.25) is 0 Å². The van der Waals surface area contributed by atoms with Crippen molar-refractivity contribution >= 4 is 21.4 Å². The summed E-state index contributed by atoms with van der Waals surface area (Å²) in [6.45, 7) is 9.52. The van der Waals surface area contributed by atoms with E-state index >= 15 is 0 Å².